The molecular weight excluding hydrogens is 314 g/mol. The molecule has 0 unspecified atom stereocenters. The summed E-state index contributed by atoms with van der Waals surface area (Å²) < 4.78 is 0. The van der Waals surface area contributed by atoms with Crippen LogP contribution in [0.25, 0.3) is 22.9 Å². The normalized spacial score (nSPS) is 15.3. The number of aryl methyl sites for hydroxylation is 1. The van der Waals surface area contributed by atoms with Crippen LogP contribution in [-0.2, 0) is 5.41 Å². The van der Waals surface area contributed by atoms with Gasteiger partial charge in [0.1, 0.15) is 0 Å². The summed E-state index contributed by atoms with van der Waals surface area (Å²) in [6.07, 6.45) is 7.49. The summed E-state index contributed by atoms with van der Waals surface area (Å²) in [5, 5.41) is 5.30. The van der Waals surface area contributed by atoms with Crippen LogP contribution in [0, 0.1) is 18.8 Å². The van der Waals surface area contributed by atoms with E-state index in [1.807, 2.05) is 25.3 Å². The molecule has 0 saturated heterocycles. The predicted octanol–water partition coefficient (Wildman–Crippen LogP) is 4.21. The molecule has 1 aliphatic rings. The SMILES string of the molecule is C/C=c1/ccc2c(C#Cc3ccnc(C)c3)ccc3c2c1C(C)(C)CC=3. The van der Waals surface area contributed by atoms with Gasteiger partial charge >= 0.3 is 0 Å². The van der Waals surface area contributed by atoms with Gasteiger partial charge in [-0.05, 0) is 70.7 Å². The molecule has 1 heterocycles. The number of benzene rings is 2. The molecule has 0 spiro atoms. The van der Waals surface area contributed by atoms with Crippen LogP contribution >= 0.6 is 0 Å². The summed E-state index contributed by atoms with van der Waals surface area (Å²) in [6, 6.07) is 12.9. The van der Waals surface area contributed by atoms with Crippen molar-refractivity contribution in [2.24, 2.45) is 0 Å². The van der Waals surface area contributed by atoms with Crippen LogP contribution in [0.4, 0.5) is 0 Å². The van der Waals surface area contributed by atoms with Crippen LogP contribution in [0.5, 0.6) is 0 Å². The second-order valence-corrected chi connectivity index (χ2v) is 7.67. The molecule has 1 aliphatic carbocycles. The summed E-state index contributed by atoms with van der Waals surface area (Å²) in [7, 11) is 0. The Hall–Kier alpha value is -2.85. The fourth-order valence-electron chi connectivity index (χ4n) is 3.97. The summed E-state index contributed by atoms with van der Waals surface area (Å²) in [5.74, 6) is 6.71. The van der Waals surface area contributed by atoms with Crippen molar-refractivity contribution in [3.8, 4) is 11.8 Å². The summed E-state index contributed by atoms with van der Waals surface area (Å²) in [6.45, 7) is 8.80. The van der Waals surface area contributed by atoms with E-state index in [0.717, 1.165) is 23.2 Å². The molecule has 0 saturated carbocycles. The average molecular weight is 337 g/mol. The molecule has 0 atom stereocenters. The second-order valence-electron chi connectivity index (χ2n) is 7.67. The lowest BCUT2D eigenvalue weighted by Gasteiger charge is -2.30. The molecule has 1 aromatic heterocycles. The van der Waals surface area contributed by atoms with E-state index < -0.39 is 0 Å². The number of pyridine rings is 1. The second kappa shape index (κ2) is 6.15. The lowest BCUT2D eigenvalue weighted by Crippen LogP contribution is -2.31. The van der Waals surface area contributed by atoms with Gasteiger partial charge in [0, 0.05) is 23.0 Å². The van der Waals surface area contributed by atoms with Gasteiger partial charge in [0.25, 0.3) is 0 Å². The third kappa shape index (κ3) is 2.72. The quantitative estimate of drug-likeness (QED) is 0.560. The Morgan fingerprint density at radius 2 is 1.92 bits per heavy atom. The van der Waals surface area contributed by atoms with Gasteiger partial charge in [-0.25, -0.2) is 0 Å². The first-order chi connectivity index (χ1) is 12.5. The molecule has 0 N–H and O–H groups in total. The van der Waals surface area contributed by atoms with E-state index in [0.29, 0.717) is 0 Å². The Balaban J connectivity index is 2.00. The summed E-state index contributed by atoms with van der Waals surface area (Å²) in [4.78, 5) is 4.25. The zero-order chi connectivity index (χ0) is 18.3. The lowest BCUT2D eigenvalue weighted by molar-refractivity contribution is 0.544. The minimum absolute atomic E-state index is 0.141. The van der Waals surface area contributed by atoms with Crippen LogP contribution in [-0.4, -0.2) is 4.98 Å². The van der Waals surface area contributed by atoms with Crippen LogP contribution < -0.4 is 10.4 Å². The van der Waals surface area contributed by atoms with E-state index in [4.69, 9.17) is 0 Å². The molecule has 0 amide bonds. The minimum Gasteiger partial charge on any atom is -0.262 e. The third-order valence-electron chi connectivity index (χ3n) is 5.30. The highest BCUT2D eigenvalue weighted by Crippen LogP contribution is 2.33. The Bertz CT molecular complexity index is 1200. The molecule has 26 heavy (non-hydrogen) atoms. The Morgan fingerprint density at radius 3 is 2.69 bits per heavy atom. The molecule has 1 heteroatoms. The number of nitrogens with zero attached hydrogens (tertiary/aromatic N) is 1. The fraction of sp³-hybridized carbons (Fsp3) is 0.240. The van der Waals surface area contributed by atoms with Gasteiger partial charge < -0.3 is 0 Å². The van der Waals surface area contributed by atoms with Gasteiger partial charge in [-0.3, -0.25) is 4.98 Å². The van der Waals surface area contributed by atoms with E-state index in [-0.39, 0.29) is 5.41 Å². The molecule has 1 nitrogen and oxygen atoms in total. The van der Waals surface area contributed by atoms with Crippen molar-refractivity contribution < 1.29 is 0 Å². The maximum Gasteiger partial charge on any atom is 0.0385 e. The maximum absolute atomic E-state index is 4.25. The van der Waals surface area contributed by atoms with E-state index in [1.165, 1.54) is 26.8 Å². The van der Waals surface area contributed by atoms with Crippen molar-refractivity contribution in [3.63, 3.8) is 0 Å². The van der Waals surface area contributed by atoms with Gasteiger partial charge in [0.15, 0.2) is 0 Å². The molecule has 3 aromatic rings. The van der Waals surface area contributed by atoms with E-state index in [1.54, 1.807) is 0 Å². The molecule has 128 valence electrons. The Labute approximate surface area is 155 Å². The maximum atomic E-state index is 4.25. The van der Waals surface area contributed by atoms with Gasteiger partial charge in [-0.2, -0.15) is 0 Å². The average Bonchev–Trinajstić information content (AvgIpc) is 2.63. The molecular formula is C25H23N. The van der Waals surface area contributed by atoms with Crippen molar-refractivity contribution >= 4 is 22.9 Å². The van der Waals surface area contributed by atoms with E-state index in [9.17, 15) is 0 Å². The van der Waals surface area contributed by atoms with Crippen LogP contribution in [0.15, 0.2) is 42.6 Å². The van der Waals surface area contributed by atoms with Gasteiger partial charge in [0.2, 0.25) is 0 Å². The predicted molar refractivity (Wildman–Crippen MR) is 110 cm³/mol. The third-order valence-corrected chi connectivity index (χ3v) is 5.30. The highest BCUT2D eigenvalue weighted by atomic mass is 14.6. The molecule has 0 bridgehead atoms. The highest BCUT2D eigenvalue weighted by Gasteiger charge is 2.26. The molecule has 0 fully saturated rings. The van der Waals surface area contributed by atoms with Crippen molar-refractivity contribution in [2.45, 2.75) is 39.5 Å². The van der Waals surface area contributed by atoms with Crippen molar-refractivity contribution in [1.82, 2.24) is 4.98 Å². The van der Waals surface area contributed by atoms with Crippen LogP contribution in [0.3, 0.4) is 0 Å². The Morgan fingerprint density at radius 1 is 1.08 bits per heavy atom. The van der Waals surface area contributed by atoms with Crippen LogP contribution in [0.2, 0.25) is 0 Å². The topological polar surface area (TPSA) is 12.9 Å². The molecule has 0 radical (unpaired) electrons. The Kier molecular flexibility index (Phi) is 3.93. The number of rotatable bonds is 0. The smallest absolute Gasteiger partial charge is 0.0385 e. The zero-order valence-electron chi connectivity index (χ0n) is 15.9. The molecule has 2 aromatic carbocycles. The summed E-state index contributed by atoms with van der Waals surface area (Å²) in [5.41, 5.74) is 4.69. The number of hydrogen-bond acceptors (Lipinski definition) is 1. The standard InChI is InChI=1S/C25H23N/c1-5-19-10-11-22-20(7-6-18-13-15-26-17(2)16-18)8-9-21-12-14-25(3,4)24(19)23(21)22/h5,8-13,15-16H,14H2,1-4H3/b19-5-. The summed E-state index contributed by atoms with van der Waals surface area (Å²) >= 11 is 0. The fourth-order valence-corrected chi connectivity index (χ4v) is 3.97. The van der Waals surface area contributed by atoms with Crippen molar-refractivity contribution in [3.05, 3.63) is 75.4 Å². The highest BCUT2D eigenvalue weighted by molar-refractivity contribution is 5.93. The van der Waals surface area contributed by atoms with Crippen LogP contribution in [0.1, 0.15) is 49.6 Å². The minimum atomic E-state index is 0.141. The monoisotopic (exact) mass is 337 g/mol. The zero-order valence-corrected chi connectivity index (χ0v) is 15.9. The van der Waals surface area contributed by atoms with Gasteiger partial charge in [-0.15, -0.1) is 0 Å². The van der Waals surface area contributed by atoms with Gasteiger partial charge in [0.05, 0.1) is 0 Å². The van der Waals surface area contributed by atoms with Crippen molar-refractivity contribution in [1.29, 1.82) is 0 Å². The van der Waals surface area contributed by atoms with E-state index in [2.05, 4.69) is 74.0 Å². The molecule has 0 aliphatic heterocycles. The first-order valence-corrected chi connectivity index (χ1v) is 9.17. The number of hydrogen-bond donors (Lipinski definition) is 0. The molecule has 4 rings (SSSR count). The van der Waals surface area contributed by atoms with Gasteiger partial charge in [-0.1, -0.05) is 56.0 Å². The number of aromatic nitrogens is 1. The largest absolute Gasteiger partial charge is 0.262 e. The lowest BCUT2D eigenvalue weighted by atomic mass is 9.74. The van der Waals surface area contributed by atoms with E-state index >= 15 is 0 Å². The van der Waals surface area contributed by atoms with Crippen molar-refractivity contribution in [2.75, 3.05) is 0 Å². The first-order valence-electron chi connectivity index (χ1n) is 9.17. The first kappa shape index (κ1) is 16.6.